The molecule has 2 fully saturated rings. The molecule has 2 amide bonds. The molecule has 2 saturated heterocycles. The predicted molar refractivity (Wildman–Crippen MR) is 109 cm³/mol. The summed E-state index contributed by atoms with van der Waals surface area (Å²) in [4.78, 5) is 42.0. The Morgan fingerprint density at radius 2 is 1.90 bits per heavy atom. The molecule has 3 heterocycles. The molecular formula is C22H24N2O4S. The number of benzene rings is 1. The van der Waals surface area contributed by atoms with Crippen molar-refractivity contribution in [1.29, 1.82) is 0 Å². The maximum atomic E-state index is 13.3. The molecule has 0 bridgehead atoms. The Morgan fingerprint density at radius 3 is 2.52 bits per heavy atom. The van der Waals surface area contributed by atoms with Crippen LogP contribution in [0.1, 0.15) is 30.3 Å². The van der Waals surface area contributed by atoms with Crippen LogP contribution in [0.25, 0.3) is 0 Å². The number of likely N-dealkylation sites (tertiary alicyclic amines) is 1. The van der Waals surface area contributed by atoms with E-state index in [0.717, 1.165) is 10.4 Å². The predicted octanol–water partition coefficient (Wildman–Crippen LogP) is 2.56. The lowest BCUT2D eigenvalue weighted by atomic mass is 9.76. The third kappa shape index (κ3) is 3.09. The first-order chi connectivity index (χ1) is 14.0. The largest absolute Gasteiger partial charge is 0.465 e. The van der Waals surface area contributed by atoms with Gasteiger partial charge in [0.1, 0.15) is 5.54 Å². The minimum absolute atomic E-state index is 0.206. The molecule has 2 aliphatic rings. The Morgan fingerprint density at radius 1 is 1.14 bits per heavy atom. The van der Waals surface area contributed by atoms with Crippen molar-refractivity contribution in [3.05, 3.63) is 58.3 Å². The molecule has 0 aliphatic carbocycles. The highest BCUT2D eigenvalue weighted by Crippen LogP contribution is 2.51. The normalized spacial score (nSPS) is 28.6. The number of esters is 1. The van der Waals surface area contributed by atoms with Crippen molar-refractivity contribution in [3.8, 4) is 0 Å². The third-order valence-corrected chi connectivity index (χ3v) is 6.83. The number of fused-ring (bicyclic) bond motifs is 1. The lowest BCUT2D eigenvalue weighted by Gasteiger charge is -2.32. The Labute approximate surface area is 173 Å². The molecule has 0 spiro atoms. The summed E-state index contributed by atoms with van der Waals surface area (Å²) in [5.74, 6) is -2.39. The number of amides is 2. The molecule has 4 rings (SSSR count). The molecule has 2 aliphatic heterocycles. The van der Waals surface area contributed by atoms with Gasteiger partial charge in [-0.25, -0.2) is 0 Å². The zero-order chi connectivity index (χ0) is 20.6. The second kappa shape index (κ2) is 7.72. The second-order valence-electron chi connectivity index (χ2n) is 7.42. The van der Waals surface area contributed by atoms with Gasteiger partial charge in [-0.15, -0.1) is 11.3 Å². The second-order valence-corrected chi connectivity index (χ2v) is 8.40. The number of hydrogen-bond donors (Lipinski definition) is 1. The van der Waals surface area contributed by atoms with Crippen LogP contribution >= 0.6 is 11.3 Å². The number of ether oxygens (including phenoxy) is 1. The fraction of sp³-hybridized carbons (Fsp3) is 0.409. The van der Waals surface area contributed by atoms with Gasteiger partial charge >= 0.3 is 5.97 Å². The average Bonchev–Trinajstić information content (AvgIpc) is 3.41. The summed E-state index contributed by atoms with van der Waals surface area (Å²) < 4.78 is 5.45. The molecule has 4 atom stereocenters. The van der Waals surface area contributed by atoms with Gasteiger partial charge in [-0.3, -0.25) is 24.6 Å². The van der Waals surface area contributed by atoms with Crippen LogP contribution < -0.4 is 5.32 Å². The maximum Gasteiger partial charge on any atom is 0.327 e. The fourth-order valence-electron chi connectivity index (χ4n) is 4.69. The molecule has 29 heavy (non-hydrogen) atoms. The lowest BCUT2D eigenvalue weighted by Crippen LogP contribution is -2.58. The Bertz CT molecular complexity index is 914. The quantitative estimate of drug-likeness (QED) is 0.583. The van der Waals surface area contributed by atoms with Crippen molar-refractivity contribution in [2.75, 3.05) is 13.2 Å². The summed E-state index contributed by atoms with van der Waals surface area (Å²) in [7, 11) is 0. The zero-order valence-corrected chi connectivity index (χ0v) is 17.3. The maximum absolute atomic E-state index is 13.3. The minimum atomic E-state index is -1.28. The number of nitrogens with one attached hydrogen (secondary N) is 1. The molecular weight excluding hydrogens is 388 g/mol. The van der Waals surface area contributed by atoms with E-state index in [-0.39, 0.29) is 24.8 Å². The average molecular weight is 413 g/mol. The number of thiophene rings is 1. The van der Waals surface area contributed by atoms with Gasteiger partial charge < -0.3 is 4.74 Å². The van der Waals surface area contributed by atoms with Crippen LogP contribution in [0.4, 0.5) is 0 Å². The summed E-state index contributed by atoms with van der Waals surface area (Å²) in [6.07, 6.45) is 0.284. The SMILES string of the molecule is CCOC(=O)[C@]1(Cc2ccccc2)N[C@@H](c2cccs2)[C@H]2C(=O)N(CC)C(=O)[C@@H]21. The number of nitrogens with zero attached hydrogens (tertiary/aromatic N) is 1. The van der Waals surface area contributed by atoms with E-state index in [0.29, 0.717) is 6.54 Å². The first kappa shape index (κ1) is 19.8. The van der Waals surface area contributed by atoms with E-state index < -0.39 is 29.4 Å². The Kier molecular flexibility index (Phi) is 5.27. The Hall–Kier alpha value is -2.51. The molecule has 1 aromatic heterocycles. The van der Waals surface area contributed by atoms with E-state index in [1.807, 2.05) is 47.8 Å². The molecule has 0 radical (unpaired) electrons. The summed E-state index contributed by atoms with van der Waals surface area (Å²) in [5, 5.41) is 5.35. The summed E-state index contributed by atoms with van der Waals surface area (Å²) in [5.41, 5.74) is -0.373. The standard InChI is InChI=1S/C22H24N2O4S/c1-3-24-19(25)16-17(20(24)26)22(21(27)28-4-2,13-14-9-6-5-7-10-14)23-18(16)15-11-8-12-29-15/h5-12,16-18,23H,3-4,13H2,1-2H3/t16-,17+,18-,22+/m0/s1. The molecule has 1 N–H and O–H groups in total. The highest BCUT2D eigenvalue weighted by atomic mass is 32.1. The van der Waals surface area contributed by atoms with E-state index in [1.54, 1.807) is 13.8 Å². The van der Waals surface area contributed by atoms with Gasteiger partial charge in [0, 0.05) is 17.8 Å². The van der Waals surface area contributed by atoms with Crippen molar-refractivity contribution in [1.82, 2.24) is 10.2 Å². The zero-order valence-electron chi connectivity index (χ0n) is 16.5. The van der Waals surface area contributed by atoms with Gasteiger partial charge in [0.05, 0.1) is 24.5 Å². The fourth-order valence-corrected chi connectivity index (χ4v) is 5.51. The van der Waals surface area contributed by atoms with Crippen molar-refractivity contribution in [3.63, 3.8) is 0 Å². The highest BCUT2D eigenvalue weighted by molar-refractivity contribution is 7.10. The van der Waals surface area contributed by atoms with E-state index in [1.165, 1.54) is 16.2 Å². The third-order valence-electron chi connectivity index (χ3n) is 5.88. The van der Waals surface area contributed by atoms with Crippen LogP contribution in [-0.4, -0.2) is 41.4 Å². The number of carbonyl (C=O) groups excluding carboxylic acids is 3. The lowest BCUT2D eigenvalue weighted by molar-refractivity contribution is -0.156. The monoisotopic (exact) mass is 412 g/mol. The van der Waals surface area contributed by atoms with Crippen LogP contribution in [0.3, 0.4) is 0 Å². The summed E-state index contributed by atoms with van der Waals surface area (Å²) >= 11 is 1.52. The number of hydrogen-bond acceptors (Lipinski definition) is 6. The first-order valence-corrected chi connectivity index (χ1v) is 10.8. The van der Waals surface area contributed by atoms with Gasteiger partial charge in [0.25, 0.3) is 0 Å². The van der Waals surface area contributed by atoms with Crippen molar-refractivity contribution < 1.29 is 19.1 Å². The molecule has 152 valence electrons. The molecule has 0 unspecified atom stereocenters. The molecule has 1 aromatic carbocycles. The molecule has 2 aromatic rings. The van der Waals surface area contributed by atoms with Crippen LogP contribution in [-0.2, 0) is 25.5 Å². The topological polar surface area (TPSA) is 75.7 Å². The van der Waals surface area contributed by atoms with Gasteiger partial charge in [-0.05, 0) is 30.9 Å². The number of carbonyl (C=O) groups is 3. The van der Waals surface area contributed by atoms with Crippen LogP contribution in [0.2, 0.25) is 0 Å². The number of rotatable bonds is 6. The smallest absolute Gasteiger partial charge is 0.327 e. The van der Waals surface area contributed by atoms with Gasteiger partial charge in [-0.2, -0.15) is 0 Å². The summed E-state index contributed by atoms with van der Waals surface area (Å²) in [6.45, 7) is 4.04. The van der Waals surface area contributed by atoms with Gasteiger partial charge in [-0.1, -0.05) is 36.4 Å². The van der Waals surface area contributed by atoms with E-state index in [4.69, 9.17) is 4.74 Å². The van der Waals surface area contributed by atoms with Gasteiger partial charge in [0.15, 0.2) is 0 Å². The van der Waals surface area contributed by atoms with Crippen molar-refractivity contribution >= 4 is 29.1 Å². The van der Waals surface area contributed by atoms with E-state index >= 15 is 0 Å². The summed E-state index contributed by atoms with van der Waals surface area (Å²) in [6, 6.07) is 13.0. The van der Waals surface area contributed by atoms with Crippen molar-refractivity contribution in [2.24, 2.45) is 11.8 Å². The van der Waals surface area contributed by atoms with Gasteiger partial charge in [0.2, 0.25) is 11.8 Å². The molecule has 0 saturated carbocycles. The Balaban J connectivity index is 1.85. The number of imide groups is 1. The van der Waals surface area contributed by atoms with Crippen molar-refractivity contribution in [2.45, 2.75) is 31.8 Å². The minimum Gasteiger partial charge on any atom is -0.465 e. The molecule has 7 heteroatoms. The van der Waals surface area contributed by atoms with E-state index in [9.17, 15) is 14.4 Å². The first-order valence-electron chi connectivity index (χ1n) is 9.91. The van der Waals surface area contributed by atoms with Crippen LogP contribution in [0.5, 0.6) is 0 Å². The van der Waals surface area contributed by atoms with Crippen LogP contribution in [0, 0.1) is 11.8 Å². The van der Waals surface area contributed by atoms with Crippen LogP contribution in [0.15, 0.2) is 47.8 Å². The molecule has 6 nitrogen and oxygen atoms in total. The highest BCUT2D eigenvalue weighted by Gasteiger charge is 2.68. The van der Waals surface area contributed by atoms with E-state index in [2.05, 4.69) is 5.32 Å².